The molecule has 6 heteroatoms. The Labute approximate surface area is 170 Å². The van der Waals surface area contributed by atoms with Crippen molar-refractivity contribution in [2.75, 3.05) is 31.6 Å². The van der Waals surface area contributed by atoms with Crippen LogP contribution in [0.25, 0.3) is 0 Å². The predicted octanol–water partition coefficient (Wildman–Crippen LogP) is 4.15. The summed E-state index contributed by atoms with van der Waals surface area (Å²) in [5, 5.41) is 4.27. The van der Waals surface area contributed by atoms with Gasteiger partial charge in [0.05, 0.1) is 0 Å². The number of aryl methyl sites for hydroxylation is 1. The third kappa shape index (κ3) is 4.71. The van der Waals surface area contributed by atoms with Gasteiger partial charge in [0.25, 0.3) is 0 Å². The Balaban J connectivity index is 1.31. The summed E-state index contributed by atoms with van der Waals surface area (Å²) < 4.78 is 11.2. The van der Waals surface area contributed by atoms with Crippen LogP contribution in [0, 0.1) is 0 Å². The first-order chi connectivity index (χ1) is 13.7. The number of hydrogen-bond donors (Lipinski definition) is 1. The number of nitrogens with one attached hydrogen (secondary N) is 1. The molecule has 2 heterocycles. The number of rotatable bonds is 5. The minimum absolute atomic E-state index is 0.212. The summed E-state index contributed by atoms with van der Waals surface area (Å²) in [6, 6.07) is 13.9. The van der Waals surface area contributed by atoms with Gasteiger partial charge in [-0.2, -0.15) is 0 Å². The Kier molecular flexibility index (Phi) is 5.91. The van der Waals surface area contributed by atoms with Gasteiger partial charge in [0.1, 0.15) is 13.2 Å². The van der Waals surface area contributed by atoms with Gasteiger partial charge >= 0.3 is 0 Å². The third-order valence-corrected chi connectivity index (χ3v) is 5.48. The molecule has 0 aliphatic carbocycles. The lowest BCUT2D eigenvalue weighted by atomic mass is 10.0. The van der Waals surface area contributed by atoms with Gasteiger partial charge in [-0.3, -0.25) is 4.79 Å². The molecule has 4 rings (SSSR count). The van der Waals surface area contributed by atoms with E-state index in [9.17, 15) is 4.79 Å². The number of nitrogens with zero attached hydrogens (tertiary/aromatic N) is 1. The Morgan fingerprint density at radius 3 is 2.71 bits per heavy atom. The maximum absolute atomic E-state index is 12.7. The van der Waals surface area contributed by atoms with E-state index < -0.39 is 0 Å². The van der Waals surface area contributed by atoms with Crippen LogP contribution in [0.15, 0.2) is 42.5 Å². The van der Waals surface area contributed by atoms with Crippen LogP contribution in [0.3, 0.4) is 0 Å². The van der Waals surface area contributed by atoms with Gasteiger partial charge in [0.15, 0.2) is 11.5 Å². The van der Waals surface area contributed by atoms with Crippen LogP contribution in [-0.4, -0.2) is 43.2 Å². The average Bonchev–Trinajstić information content (AvgIpc) is 2.73. The van der Waals surface area contributed by atoms with Crippen molar-refractivity contribution in [3.8, 4) is 11.5 Å². The molecule has 2 aliphatic heterocycles. The SMILES string of the molecule is O=C(CCc1ccc(Cl)cc1)N1CCC[C@@H](Nc2ccc3c(c2)OCCO3)C1. The highest BCUT2D eigenvalue weighted by Gasteiger charge is 2.24. The maximum atomic E-state index is 12.7. The standard InChI is InChI=1S/C22H25ClN2O3/c23-17-6-3-16(4-7-17)5-10-22(26)25-11-1-2-19(15-25)24-18-8-9-20-21(14-18)28-13-12-27-20/h3-4,6-9,14,19,24H,1-2,5,10-13,15H2/t19-/m1/s1. The number of hydrogen-bond acceptors (Lipinski definition) is 4. The van der Waals surface area contributed by atoms with Crippen molar-refractivity contribution in [1.29, 1.82) is 0 Å². The molecule has 0 spiro atoms. The van der Waals surface area contributed by atoms with E-state index in [4.69, 9.17) is 21.1 Å². The Morgan fingerprint density at radius 2 is 1.89 bits per heavy atom. The molecule has 0 bridgehead atoms. The van der Waals surface area contributed by atoms with E-state index in [0.717, 1.165) is 60.1 Å². The Morgan fingerprint density at radius 1 is 1.11 bits per heavy atom. The quantitative estimate of drug-likeness (QED) is 0.819. The van der Waals surface area contributed by atoms with Gasteiger partial charge in [0, 0.05) is 42.3 Å². The van der Waals surface area contributed by atoms with Crippen LogP contribution < -0.4 is 14.8 Å². The molecule has 0 unspecified atom stereocenters. The van der Waals surface area contributed by atoms with Gasteiger partial charge in [-0.15, -0.1) is 0 Å². The number of benzene rings is 2. The molecule has 28 heavy (non-hydrogen) atoms. The van der Waals surface area contributed by atoms with E-state index in [2.05, 4.69) is 5.32 Å². The van der Waals surface area contributed by atoms with E-state index in [1.165, 1.54) is 0 Å². The molecular weight excluding hydrogens is 376 g/mol. The van der Waals surface area contributed by atoms with Gasteiger partial charge in [-0.05, 0) is 49.1 Å². The van der Waals surface area contributed by atoms with E-state index in [1.54, 1.807) is 0 Å². The van der Waals surface area contributed by atoms with Crippen molar-refractivity contribution in [2.24, 2.45) is 0 Å². The average molecular weight is 401 g/mol. The normalized spacial score (nSPS) is 18.6. The van der Waals surface area contributed by atoms with E-state index in [1.807, 2.05) is 47.4 Å². The highest BCUT2D eigenvalue weighted by Crippen LogP contribution is 2.33. The number of halogens is 1. The summed E-state index contributed by atoms with van der Waals surface area (Å²) in [5.41, 5.74) is 2.14. The van der Waals surface area contributed by atoms with Crippen LogP contribution in [0.2, 0.25) is 5.02 Å². The second kappa shape index (κ2) is 8.74. The molecule has 1 amide bonds. The summed E-state index contributed by atoms with van der Waals surface area (Å²) in [6.07, 6.45) is 3.33. The fraction of sp³-hybridized carbons (Fsp3) is 0.409. The molecule has 1 saturated heterocycles. The Bertz CT molecular complexity index is 825. The summed E-state index contributed by atoms with van der Waals surface area (Å²) in [4.78, 5) is 14.6. The summed E-state index contributed by atoms with van der Waals surface area (Å²) in [5.74, 6) is 1.78. The highest BCUT2D eigenvalue weighted by molar-refractivity contribution is 6.30. The minimum atomic E-state index is 0.212. The van der Waals surface area contributed by atoms with Crippen molar-refractivity contribution >= 4 is 23.2 Å². The maximum Gasteiger partial charge on any atom is 0.222 e. The molecule has 0 radical (unpaired) electrons. The number of piperidine rings is 1. The van der Waals surface area contributed by atoms with Crippen LogP contribution in [-0.2, 0) is 11.2 Å². The monoisotopic (exact) mass is 400 g/mol. The number of carbonyl (C=O) groups is 1. The van der Waals surface area contributed by atoms with Crippen molar-refractivity contribution in [3.05, 3.63) is 53.1 Å². The zero-order valence-electron chi connectivity index (χ0n) is 15.8. The summed E-state index contributed by atoms with van der Waals surface area (Å²) >= 11 is 5.92. The fourth-order valence-electron chi connectivity index (χ4n) is 3.75. The first-order valence-corrected chi connectivity index (χ1v) is 10.2. The third-order valence-electron chi connectivity index (χ3n) is 5.23. The summed E-state index contributed by atoms with van der Waals surface area (Å²) in [7, 11) is 0. The lowest BCUT2D eigenvalue weighted by molar-refractivity contribution is -0.132. The Hall–Kier alpha value is -2.40. The molecule has 0 aromatic heterocycles. The second-order valence-corrected chi connectivity index (χ2v) is 7.74. The molecule has 1 atom stereocenters. The largest absolute Gasteiger partial charge is 0.486 e. The van der Waals surface area contributed by atoms with E-state index in [0.29, 0.717) is 19.6 Å². The van der Waals surface area contributed by atoms with Gasteiger partial charge < -0.3 is 19.7 Å². The minimum Gasteiger partial charge on any atom is -0.486 e. The van der Waals surface area contributed by atoms with Crippen molar-refractivity contribution in [1.82, 2.24) is 4.90 Å². The van der Waals surface area contributed by atoms with Crippen molar-refractivity contribution < 1.29 is 14.3 Å². The number of amides is 1. The number of likely N-dealkylation sites (tertiary alicyclic amines) is 1. The number of fused-ring (bicyclic) bond motifs is 1. The van der Waals surface area contributed by atoms with Gasteiger partial charge in [-0.1, -0.05) is 23.7 Å². The molecule has 0 saturated carbocycles. The number of carbonyl (C=O) groups excluding carboxylic acids is 1. The van der Waals surface area contributed by atoms with Gasteiger partial charge in [0.2, 0.25) is 5.91 Å². The molecule has 5 nitrogen and oxygen atoms in total. The van der Waals surface area contributed by atoms with E-state index in [-0.39, 0.29) is 11.9 Å². The van der Waals surface area contributed by atoms with Crippen molar-refractivity contribution in [2.45, 2.75) is 31.7 Å². The van der Waals surface area contributed by atoms with Crippen molar-refractivity contribution in [3.63, 3.8) is 0 Å². The summed E-state index contributed by atoms with van der Waals surface area (Å²) in [6.45, 7) is 2.73. The molecule has 1 N–H and O–H groups in total. The zero-order valence-corrected chi connectivity index (χ0v) is 16.6. The smallest absolute Gasteiger partial charge is 0.222 e. The lowest BCUT2D eigenvalue weighted by Gasteiger charge is -2.34. The fourth-order valence-corrected chi connectivity index (χ4v) is 3.88. The molecule has 148 valence electrons. The second-order valence-electron chi connectivity index (χ2n) is 7.31. The lowest BCUT2D eigenvalue weighted by Crippen LogP contribution is -2.45. The number of anilines is 1. The predicted molar refractivity (Wildman–Crippen MR) is 110 cm³/mol. The molecule has 2 aromatic carbocycles. The first-order valence-electron chi connectivity index (χ1n) is 9.86. The topological polar surface area (TPSA) is 50.8 Å². The van der Waals surface area contributed by atoms with Crippen LogP contribution in [0.4, 0.5) is 5.69 Å². The molecule has 2 aromatic rings. The molecule has 1 fully saturated rings. The molecular formula is C22H25ClN2O3. The zero-order chi connectivity index (χ0) is 19.3. The number of ether oxygens (including phenoxy) is 2. The van der Waals surface area contributed by atoms with Crippen LogP contribution >= 0.6 is 11.6 Å². The van der Waals surface area contributed by atoms with E-state index >= 15 is 0 Å². The first kappa shape index (κ1) is 18.9. The van der Waals surface area contributed by atoms with Crippen LogP contribution in [0.1, 0.15) is 24.8 Å². The van der Waals surface area contributed by atoms with Crippen LogP contribution in [0.5, 0.6) is 11.5 Å². The highest BCUT2D eigenvalue weighted by atomic mass is 35.5. The van der Waals surface area contributed by atoms with Gasteiger partial charge in [-0.25, -0.2) is 0 Å². The molecule has 2 aliphatic rings.